The Hall–Kier alpha value is -3.08. The van der Waals surface area contributed by atoms with Gasteiger partial charge in [-0.3, -0.25) is 4.79 Å². The number of H-pyrrole nitrogens is 1. The molecule has 3 aromatic rings. The number of carbonyl (C=O) groups is 2. The van der Waals surface area contributed by atoms with Crippen molar-refractivity contribution in [3.63, 3.8) is 0 Å². The predicted molar refractivity (Wildman–Crippen MR) is 97.8 cm³/mol. The third-order valence-electron chi connectivity index (χ3n) is 4.31. The van der Waals surface area contributed by atoms with Crippen LogP contribution in [0.4, 0.5) is 5.69 Å². The highest BCUT2D eigenvalue weighted by Crippen LogP contribution is 2.21. The van der Waals surface area contributed by atoms with Crippen LogP contribution in [0.1, 0.15) is 27.9 Å². The van der Waals surface area contributed by atoms with E-state index in [-0.39, 0.29) is 5.91 Å². The van der Waals surface area contributed by atoms with Gasteiger partial charge >= 0.3 is 5.97 Å². The highest BCUT2D eigenvalue weighted by Gasteiger charge is 2.13. The number of aromatic amines is 1. The molecule has 0 atom stereocenters. The first-order valence-corrected chi connectivity index (χ1v) is 8.13. The fourth-order valence-corrected chi connectivity index (χ4v) is 2.90. The molecule has 5 nitrogen and oxygen atoms in total. The number of nitrogens with one attached hydrogen (secondary N) is 2. The van der Waals surface area contributed by atoms with Gasteiger partial charge < -0.3 is 15.0 Å². The Morgan fingerprint density at radius 3 is 2.72 bits per heavy atom. The summed E-state index contributed by atoms with van der Waals surface area (Å²) in [6.07, 6.45) is 2.95. The minimum absolute atomic E-state index is 0.0876. The van der Waals surface area contributed by atoms with E-state index >= 15 is 0 Å². The third kappa shape index (κ3) is 3.55. The number of esters is 1. The second kappa shape index (κ2) is 7.21. The minimum atomic E-state index is -0.410. The SMILES string of the molecule is COC(=O)c1cccc(NC(=O)CCc2c[nH]c3ccccc23)c1C. The lowest BCUT2D eigenvalue weighted by molar-refractivity contribution is -0.116. The van der Waals surface area contributed by atoms with Crippen molar-refractivity contribution in [3.05, 3.63) is 65.4 Å². The van der Waals surface area contributed by atoms with Crippen molar-refractivity contribution in [2.75, 3.05) is 12.4 Å². The predicted octanol–water partition coefficient (Wildman–Crippen LogP) is 3.83. The number of aryl methyl sites for hydroxylation is 1. The second-order valence-electron chi connectivity index (χ2n) is 5.88. The molecule has 0 fully saturated rings. The van der Waals surface area contributed by atoms with E-state index in [4.69, 9.17) is 4.74 Å². The van der Waals surface area contributed by atoms with Gasteiger partial charge in [0.1, 0.15) is 0 Å². The van der Waals surface area contributed by atoms with Gasteiger partial charge in [0.2, 0.25) is 5.91 Å². The summed E-state index contributed by atoms with van der Waals surface area (Å²) < 4.78 is 4.76. The number of aromatic nitrogens is 1. The standard InChI is InChI=1S/C20H20N2O3/c1-13-15(20(24)25-2)7-5-9-17(13)22-19(23)11-10-14-12-21-18-8-4-3-6-16(14)18/h3-9,12,21H,10-11H2,1-2H3,(H,22,23). The Morgan fingerprint density at radius 1 is 1.12 bits per heavy atom. The number of fused-ring (bicyclic) bond motifs is 1. The molecular formula is C20H20N2O3. The quantitative estimate of drug-likeness (QED) is 0.696. The smallest absolute Gasteiger partial charge is 0.338 e. The maximum atomic E-state index is 12.3. The van der Waals surface area contributed by atoms with Gasteiger partial charge in [-0.15, -0.1) is 0 Å². The molecule has 5 heteroatoms. The number of rotatable bonds is 5. The molecule has 25 heavy (non-hydrogen) atoms. The topological polar surface area (TPSA) is 71.2 Å². The van der Waals surface area contributed by atoms with Gasteiger partial charge in [-0.05, 0) is 42.7 Å². The first-order chi connectivity index (χ1) is 12.1. The van der Waals surface area contributed by atoms with E-state index in [1.165, 1.54) is 7.11 Å². The van der Waals surface area contributed by atoms with Crippen LogP contribution in [0.25, 0.3) is 10.9 Å². The maximum absolute atomic E-state index is 12.3. The van der Waals surface area contributed by atoms with Crippen LogP contribution in [0.2, 0.25) is 0 Å². The zero-order valence-corrected chi connectivity index (χ0v) is 14.3. The molecule has 0 radical (unpaired) electrons. The molecule has 0 saturated carbocycles. The van der Waals surface area contributed by atoms with Crippen LogP contribution in [-0.2, 0) is 16.0 Å². The van der Waals surface area contributed by atoms with Crippen LogP contribution in [0.3, 0.4) is 0 Å². The number of amides is 1. The summed E-state index contributed by atoms with van der Waals surface area (Å²) in [5.74, 6) is -0.497. The van der Waals surface area contributed by atoms with E-state index in [0.717, 1.165) is 16.5 Å². The third-order valence-corrected chi connectivity index (χ3v) is 4.31. The second-order valence-corrected chi connectivity index (χ2v) is 5.88. The fourth-order valence-electron chi connectivity index (χ4n) is 2.90. The zero-order chi connectivity index (χ0) is 17.8. The minimum Gasteiger partial charge on any atom is -0.465 e. The van der Waals surface area contributed by atoms with Crippen LogP contribution in [-0.4, -0.2) is 24.0 Å². The Morgan fingerprint density at radius 2 is 1.92 bits per heavy atom. The lowest BCUT2D eigenvalue weighted by Crippen LogP contribution is -2.14. The van der Waals surface area contributed by atoms with Crippen molar-refractivity contribution in [1.29, 1.82) is 0 Å². The average Bonchev–Trinajstić information content (AvgIpc) is 3.04. The van der Waals surface area contributed by atoms with Crippen molar-refractivity contribution < 1.29 is 14.3 Å². The molecule has 0 saturated heterocycles. The lowest BCUT2D eigenvalue weighted by Gasteiger charge is -2.11. The fraction of sp³-hybridized carbons (Fsp3) is 0.200. The van der Waals surface area contributed by atoms with Gasteiger partial charge in [0.05, 0.1) is 12.7 Å². The molecule has 0 aliphatic carbocycles. The van der Waals surface area contributed by atoms with Gasteiger partial charge in [0, 0.05) is 29.2 Å². The molecule has 0 unspecified atom stereocenters. The molecule has 0 spiro atoms. The molecule has 2 aromatic carbocycles. The largest absolute Gasteiger partial charge is 0.465 e. The van der Waals surface area contributed by atoms with E-state index in [1.807, 2.05) is 30.5 Å². The summed E-state index contributed by atoms with van der Waals surface area (Å²) >= 11 is 0. The number of methoxy groups -OCH3 is 1. The Kier molecular flexibility index (Phi) is 4.84. The van der Waals surface area contributed by atoms with Gasteiger partial charge in [-0.25, -0.2) is 4.79 Å². The number of benzene rings is 2. The van der Waals surface area contributed by atoms with Gasteiger partial charge in [-0.2, -0.15) is 0 Å². The van der Waals surface area contributed by atoms with E-state index in [1.54, 1.807) is 25.1 Å². The molecule has 0 aliphatic heterocycles. The Bertz CT molecular complexity index is 928. The number of para-hydroxylation sites is 1. The van der Waals surface area contributed by atoms with Crippen LogP contribution in [0.5, 0.6) is 0 Å². The summed E-state index contributed by atoms with van der Waals surface area (Å²) in [6.45, 7) is 1.79. The van der Waals surface area contributed by atoms with Crippen molar-refractivity contribution >= 4 is 28.5 Å². The zero-order valence-electron chi connectivity index (χ0n) is 14.3. The molecule has 3 rings (SSSR count). The van der Waals surface area contributed by atoms with Crippen LogP contribution in [0, 0.1) is 6.92 Å². The molecule has 1 amide bonds. The number of anilines is 1. The highest BCUT2D eigenvalue weighted by molar-refractivity contribution is 5.97. The lowest BCUT2D eigenvalue weighted by atomic mass is 10.1. The molecule has 128 valence electrons. The Balaban J connectivity index is 1.68. The monoisotopic (exact) mass is 336 g/mol. The van der Waals surface area contributed by atoms with Gasteiger partial charge in [0.25, 0.3) is 0 Å². The normalized spacial score (nSPS) is 10.6. The summed E-state index contributed by atoms with van der Waals surface area (Å²) in [6, 6.07) is 13.2. The molecule has 1 aromatic heterocycles. The van der Waals surface area contributed by atoms with E-state index in [9.17, 15) is 9.59 Å². The molecule has 2 N–H and O–H groups in total. The van der Waals surface area contributed by atoms with Gasteiger partial charge in [0.15, 0.2) is 0 Å². The van der Waals surface area contributed by atoms with Crippen molar-refractivity contribution in [3.8, 4) is 0 Å². The van der Waals surface area contributed by atoms with Crippen molar-refractivity contribution in [1.82, 2.24) is 4.98 Å². The molecular weight excluding hydrogens is 316 g/mol. The van der Waals surface area contributed by atoms with Crippen LogP contribution in [0.15, 0.2) is 48.7 Å². The molecule has 0 bridgehead atoms. The van der Waals surface area contributed by atoms with E-state index in [0.29, 0.717) is 29.7 Å². The summed E-state index contributed by atoms with van der Waals surface area (Å²) in [5.41, 5.74) is 3.98. The van der Waals surface area contributed by atoms with E-state index in [2.05, 4.69) is 10.3 Å². The number of hydrogen-bond acceptors (Lipinski definition) is 3. The first-order valence-electron chi connectivity index (χ1n) is 8.13. The average molecular weight is 336 g/mol. The molecule has 0 aliphatic rings. The number of ether oxygens (including phenoxy) is 1. The van der Waals surface area contributed by atoms with E-state index < -0.39 is 5.97 Å². The number of carbonyl (C=O) groups excluding carboxylic acids is 2. The van der Waals surface area contributed by atoms with Crippen molar-refractivity contribution in [2.45, 2.75) is 19.8 Å². The summed E-state index contributed by atoms with van der Waals surface area (Å²) in [7, 11) is 1.34. The van der Waals surface area contributed by atoms with Crippen LogP contribution >= 0.6 is 0 Å². The Labute approximate surface area is 146 Å². The first kappa shape index (κ1) is 16.8. The summed E-state index contributed by atoms with van der Waals surface area (Å²) in [5, 5.41) is 4.02. The van der Waals surface area contributed by atoms with Gasteiger partial charge in [-0.1, -0.05) is 24.3 Å². The highest BCUT2D eigenvalue weighted by atomic mass is 16.5. The summed E-state index contributed by atoms with van der Waals surface area (Å²) in [4.78, 5) is 27.3. The number of hydrogen-bond donors (Lipinski definition) is 2. The van der Waals surface area contributed by atoms with Crippen molar-refractivity contribution in [2.24, 2.45) is 0 Å². The maximum Gasteiger partial charge on any atom is 0.338 e. The molecule has 1 heterocycles. The van der Waals surface area contributed by atoms with Crippen LogP contribution < -0.4 is 5.32 Å².